The molecule has 3 N–H and O–H groups in total. The number of benzene rings is 2. The van der Waals surface area contributed by atoms with Crippen molar-refractivity contribution in [3.63, 3.8) is 0 Å². The topological polar surface area (TPSA) is 67.1 Å². The number of hydrogen-bond acceptors (Lipinski definition) is 2. The van der Waals surface area contributed by atoms with E-state index in [2.05, 4.69) is 15.0 Å². The smallest absolute Gasteiger partial charge is 0.138 e. The lowest BCUT2D eigenvalue weighted by atomic mass is 10.2. The van der Waals surface area contributed by atoms with Gasteiger partial charge in [-0.05, 0) is 50.2 Å². The molecule has 8 heteroatoms. The minimum absolute atomic E-state index is 0. The summed E-state index contributed by atoms with van der Waals surface area (Å²) in [4.78, 5) is 12.2. The second-order valence-electron chi connectivity index (χ2n) is 5.55. The zero-order valence-electron chi connectivity index (χ0n) is 13.6. The predicted octanol–water partition coefficient (Wildman–Crippen LogP) is 5.49. The molecule has 3 aromatic rings. The van der Waals surface area contributed by atoms with Crippen LogP contribution in [0.1, 0.15) is 19.4 Å². The molecule has 0 aliphatic heterocycles. The normalized spacial score (nSPS) is 11.3. The average Bonchev–Trinajstić information content (AvgIpc) is 2.92. The van der Waals surface area contributed by atoms with Crippen LogP contribution in [0.3, 0.4) is 0 Å². The molecule has 0 fully saturated rings. The van der Waals surface area contributed by atoms with Crippen molar-refractivity contribution in [3.8, 4) is 11.4 Å². The molecule has 0 aliphatic rings. The van der Waals surface area contributed by atoms with Crippen molar-refractivity contribution in [2.45, 2.75) is 19.9 Å². The maximum Gasteiger partial charge on any atom is 0.138 e. The number of hydrogen-bond donors (Lipinski definition) is 2. The molecule has 0 amide bonds. The van der Waals surface area contributed by atoms with E-state index in [9.17, 15) is 0 Å². The molecule has 4 nitrogen and oxygen atoms in total. The van der Waals surface area contributed by atoms with Gasteiger partial charge < -0.3 is 10.7 Å². The molecule has 0 unspecified atom stereocenters. The van der Waals surface area contributed by atoms with E-state index in [1.54, 1.807) is 12.1 Å². The Morgan fingerprint density at radius 1 is 1.08 bits per heavy atom. The standard InChI is InChI=1S/C17H16Cl2N4.2ClH/c1-9(2)21-16(20)10-4-6-14-15(8-10)23-17(22-14)11-3-5-12(18)13(19)7-11;;/h3-9H,1-2H3,(H2,20,21)(H,22,23);2*1H. The fraction of sp³-hybridized carbons (Fsp3) is 0.176. The number of nitrogens with one attached hydrogen (secondary N) is 1. The highest BCUT2D eigenvalue weighted by molar-refractivity contribution is 6.42. The van der Waals surface area contributed by atoms with Gasteiger partial charge in [-0.2, -0.15) is 0 Å². The molecule has 1 heterocycles. The van der Waals surface area contributed by atoms with Crippen LogP contribution in [-0.2, 0) is 0 Å². The summed E-state index contributed by atoms with van der Waals surface area (Å²) < 4.78 is 0. The van der Waals surface area contributed by atoms with Crippen molar-refractivity contribution >= 4 is 64.9 Å². The minimum atomic E-state index is 0. The Morgan fingerprint density at radius 3 is 2.44 bits per heavy atom. The van der Waals surface area contributed by atoms with Gasteiger partial charge in [0.25, 0.3) is 0 Å². The molecule has 0 radical (unpaired) electrons. The maximum atomic E-state index is 6.07. The minimum Gasteiger partial charge on any atom is -0.383 e. The number of halogens is 4. The van der Waals surface area contributed by atoms with Crippen LogP contribution in [0, 0.1) is 0 Å². The summed E-state index contributed by atoms with van der Waals surface area (Å²) in [6.45, 7) is 3.98. The van der Waals surface area contributed by atoms with Gasteiger partial charge >= 0.3 is 0 Å². The van der Waals surface area contributed by atoms with E-state index in [4.69, 9.17) is 28.9 Å². The first-order chi connectivity index (χ1) is 10.9. The molecule has 134 valence electrons. The summed E-state index contributed by atoms with van der Waals surface area (Å²) >= 11 is 12.0. The molecule has 2 aromatic carbocycles. The second-order valence-corrected chi connectivity index (χ2v) is 6.37. The van der Waals surface area contributed by atoms with E-state index in [1.807, 2.05) is 38.1 Å². The number of H-pyrrole nitrogens is 1. The number of rotatable bonds is 3. The molecule has 3 rings (SSSR count). The second kappa shape index (κ2) is 8.77. The van der Waals surface area contributed by atoms with Gasteiger partial charge in [0.15, 0.2) is 0 Å². The molecule has 0 saturated heterocycles. The van der Waals surface area contributed by atoms with Crippen LogP contribution in [0.5, 0.6) is 0 Å². The molecular weight excluding hydrogens is 402 g/mol. The zero-order valence-corrected chi connectivity index (χ0v) is 16.7. The van der Waals surface area contributed by atoms with Crippen molar-refractivity contribution in [1.82, 2.24) is 9.97 Å². The third-order valence-corrected chi connectivity index (χ3v) is 4.11. The van der Waals surface area contributed by atoms with E-state index in [0.29, 0.717) is 15.9 Å². The molecule has 0 saturated carbocycles. The number of nitrogens with zero attached hydrogens (tertiary/aromatic N) is 2. The zero-order chi connectivity index (χ0) is 16.6. The van der Waals surface area contributed by atoms with E-state index >= 15 is 0 Å². The van der Waals surface area contributed by atoms with Gasteiger partial charge in [0, 0.05) is 17.2 Å². The lowest BCUT2D eigenvalue weighted by Gasteiger charge is -2.03. The van der Waals surface area contributed by atoms with Crippen molar-refractivity contribution in [1.29, 1.82) is 0 Å². The first kappa shape index (κ1) is 21.6. The lowest BCUT2D eigenvalue weighted by molar-refractivity contribution is 0.834. The quantitative estimate of drug-likeness (QED) is 0.435. The molecule has 1 aromatic heterocycles. The van der Waals surface area contributed by atoms with Crippen LogP contribution < -0.4 is 5.73 Å². The number of fused-ring (bicyclic) bond motifs is 1. The number of imidazole rings is 1. The van der Waals surface area contributed by atoms with E-state index in [1.165, 1.54) is 0 Å². The molecule has 0 atom stereocenters. The summed E-state index contributed by atoms with van der Waals surface area (Å²) in [5, 5.41) is 1.02. The summed E-state index contributed by atoms with van der Waals surface area (Å²) in [6, 6.07) is 11.4. The Morgan fingerprint density at radius 2 is 1.80 bits per heavy atom. The van der Waals surface area contributed by atoms with Crippen LogP contribution >= 0.6 is 48.0 Å². The Hall–Kier alpha value is -1.46. The van der Waals surface area contributed by atoms with Gasteiger partial charge in [-0.1, -0.05) is 23.2 Å². The molecule has 0 spiro atoms. The first-order valence-electron chi connectivity index (χ1n) is 7.23. The monoisotopic (exact) mass is 418 g/mol. The lowest BCUT2D eigenvalue weighted by Crippen LogP contribution is -2.15. The highest BCUT2D eigenvalue weighted by Crippen LogP contribution is 2.28. The van der Waals surface area contributed by atoms with E-state index in [-0.39, 0.29) is 30.9 Å². The number of nitrogens with two attached hydrogens (primary N) is 1. The SMILES string of the molecule is CC(C)N=C(N)c1ccc2nc(-c3ccc(Cl)c(Cl)c3)[nH]c2c1.Cl.Cl. The van der Waals surface area contributed by atoms with Crippen molar-refractivity contribution < 1.29 is 0 Å². The highest BCUT2D eigenvalue weighted by atomic mass is 35.5. The maximum absolute atomic E-state index is 6.07. The number of aliphatic imine (C=N–C) groups is 1. The van der Waals surface area contributed by atoms with Crippen molar-refractivity contribution in [2.75, 3.05) is 0 Å². The van der Waals surface area contributed by atoms with Gasteiger partial charge in [0.1, 0.15) is 11.7 Å². The van der Waals surface area contributed by atoms with E-state index < -0.39 is 0 Å². The number of aromatic amines is 1. The van der Waals surface area contributed by atoms with Crippen molar-refractivity contribution in [3.05, 3.63) is 52.0 Å². The van der Waals surface area contributed by atoms with E-state index in [0.717, 1.165) is 28.0 Å². The first-order valence-corrected chi connectivity index (χ1v) is 7.98. The van der Waals surface area contributed by atoms with Crippen LogP contribution in [0.4, 0.5) is 0 Å². The average molecular weight is 420 g/mol. The largest absolute Gasteiger partial charge is 0.383 e. The van der Waals surface area contributed by atoms with Crippen LogP contribution in [0.25, 0.3) is 22.4 Å². The Kier molecular flexibility index (Phi) is 7.57. The van der Waals surface area contributed by atoms with Crippen LogP contribution in [0.15, 0.2) is 41.4 Å². The summed E-state index contributed by atoms with van der Waals surface area (Å²) in [7, 11) is 0. The summed E-state index contributed by atoms with van der Waals surface area (Å²) in [5.41, 5.74) is 9.52. The Labute approximate surface area is 168 Å². The van der Waals surface area contributed by atoms with Gasteiger partial charge in [0.05, 0.1) is 21.1 Å². The fourth-order valence-electron chi connectivity index (χ4n) is 2.30. The van der Waals surface area contributed by atoms with Gasteiger partial charge in [0.2, 0.25) is 0 Å². The molecule has 0 aliphatic carbocycles. The van der Waals surface area contributed by atoms with Gasteiger partial charge in [-0.25, -0.2) is 4.98 Å². The predicted molar refractivity (Wildman–Crippen MR) is 112 cm³/mol. The Balaban J connectivity index is 0.00000156. The number of aromatic nitrogens is 2. The van der Waals surface area contributed by atoms with Crippen LogP contribution in [0.2, 0.25) is 10.0 Å². The van der Waals surface area contributed by atoms with Gasteiger partial charge in [-0.15, -0.1) is 24.8 Å². The molecule has 25 heavy (non-hydrogen) atoms. The van der Waals surface area contributed by atoms with Gasteiger partial charge in [-0.3, -0.25) is 4.99 Å². The summed E-state index contributed by atoms with van der Waals surface area (Å²) in [6.07, 6.45) is 0. The Bertz CT molecular complexity index is 903. The molecule has 0 bridgehead atoms. The third kappa shape index (κ3) is 4.79. The highest BCUT2D eigenvalue weighted by Gasteiger charge is 2.09. The van der Waals surface area contributed by atoms with Crippen molar-refractivity contribution in [2.24, 2.45) is 10.7 Å². The number of amidine groups is 1. The van der Waals surface area contributed by atoms with Crippen LogP contribution in [-0.4, -0.2) is 21.8 Å². The fourth-order valence-corrected chi connectivity index (χ4v) is 2.60. The third-order valence-electron chi connectivity index (χ3n) is 3.37. The summed E-state index contributed by atoms with van der Waals surface area (Å²) in [5.74, 6) is 1.25. The molecular formula is C17H18Cl4N4.